The molecule has 3 heterocycles. The van der Waals surface area contributed by atoms with Gasteiger partial charge in [0.25, 0.3) is 5.91 Å². The van der Waals surface area contributed by atoms with Crippen molar-refractivity contribution in [3.8, 4) is 11.3 Å². The number of carbonyl (C=O) groups excluding carboxylic acids is 1. The van der Waals surface area contributed by atoms with Gasteiger partial charge in [-0.1, -0.05) is 42.5 Å². The molecule has 0 bridgehead atoms. The molecule has 5 rings (SSSR count). The number of nitrogens with one attached hydrogen (secondary N) is 1. The number of hydrogen-bond acceptors (Lipinski definition) is 4. The second-order valence-corrected chi connectivity index (χ2v) is 7.09. The van der Waals surface area contributed by atoms with Gasteiger partial charge in [-0.3, -0.25) is 4.79 Å². The molecule has 1 amide bonds. The Bertz CT molecular complexity index is 1130. The number of carbonyl (C=O) groups is 1. The molecular formula is C22H19N5O. The van der Waals surface area contributed by atoms with Crippen LogP contribution in [0, 0.1) is 6.92 Å². The fraction of sp³-hybridized carbons (Fsp3) is 0.182. The van der Waals surface area contributed by atoms with Gasteiger partial charge < -0.3 is 9.88 Å². The molecule has 0 unspecified atom stereocenters. The van der Waals surface area contributed by atoms with Gasteiger partial charge >= 0.3 is 0 Å². The Hall–Kier alpha value is -3.54. The molecule has 138 valence electrons. The van der Waals surface area contributed by atoms with Crippen LogP contribution in [0.3, 0.4) is 0 Å². The predicted molar refractivity (Wildman–Crippen MR) is 107 cm³/mol. The predicted octanol–water partition coefficient (Wildman–Crippen LogP) is 3.57. The molecule has 1 N–H and O–H groups in total. The number of H-pyrrole nitrogens is 1. The molecular weight excluding hydrogens is 350 g/mol. The van der Waals surface area contributed by atoms with Crippen LogP contribution in [-0.4, -0.2) is 43.8 Å². The summed E-state index contributed by atoms with van der Waals surface area (Å²) in [6, 6.07) is 17.8. The molecule has 6 heteroatoms. The van der Waals surface area contributed by atoms with Crippen LogP contribution in [0.1, 0.15) is 27.9 Å². The van der Waals surface area contributed by atoms with Gasteiger partial charge in [0.15, 0.2) is 0 Å². The van der Waals surface area contributed by atoms with E-state index in [0.29, 0.717) is 30.2 Å². The highest BCUT2D eigenvalue weighted by atomic mass is 16.2. The normalized spacial score (nSPS) is 14.2. The fourth-order valence-electron chi connectivity index (χ4n) is 3.60. The lowest BCUT2D eigenvalue weighted by atomic mass is 9.97. The quantitative estimate of drug-likeness (QED) is 0.599. The number of benzene rings is 2. The smallest absolute Gasteiger partial charge is 0.257 e. The van der Waals surface area contributed by atoms with E-state index in [4.69, 9.17) is 0 Å². The topological polar surface area (TPSA) is 74.8 Å². The molecule has 0 atom stereocenters. The summed E-state index contributed by atoms with van der Waals surface area (Å²) in [6.45, 7) is 3.11. The van der Waals surface area contributed by atoms with Crippen molar-refractivity contribution in [2.45, 2.75) is 12.8 Å². The lowest BCUT2D eigenvalue weighted by molar-refractivity contribution is 0.0595. The number of fused-ring (bicyclic) bond motifs is 1. The van der Waals surface area contributed by atoms with Crippen LogP contribution < -0.4 is 0 Å². The molecule has 0 saturated carbocycles. The van der Waals surface area contributed by atoms with Crippen molar-refractivity contribution in [2.75, 3.05) is 13.1 Å². The molecule has 0 radical (unpaired) electrons. The maximum Gasteiger partial charge on any atom is 0.257 e. The van der Waals surface area contributed by atoms with Gasteiger partial charge in [-0.2, -0.15) is 0 Å². The number of para-hydroxylation sites is 2. The van der Waals surface area contributed by atoms with Crippen LogP contribution in [0.2, 0.25) is 0 Å². The van der Waals surface area contributed by atoms with Gasteiger partial charge in [0.05, 0.1) is 28.2 Å². The van der Waals surface area contributed by atoms with Crippen LogP contribution in [0.25, 0.3) is 22.3 Å². The highest BCUT2D eigenvalue weighted by Crippen LogP contribution is 2.30. The minimum atomic E-state index is -0.0359. The molecule has 1 saturated heterocycles. The van der Waals surface area contributed by atoms with Crippen molar-refractivity contribution < 1.29 is 4.79 Å². The van der Waals surface area contributed by atoms with Crippen LogP contribution >= 0.6 is 0 Å². The number of amides is 1. The first-order chi connectivity index (χ1) is 13.7. The summed E-state index contributed by atoms with van der Waals surface area (Å²) >= 11 is 0. The Morgan fingerprint density at radius 2 is 1.79 bits per heavy atom. The summed E-state index contributed by atoms with van der Waals surface area (Å²) in [6.07, 6.45) is 1.64. The van der Waals surface area contributed by atoms with Crippen molar-refractivity contribution in [1.29, 1.82) is 0 Å². The maximum absolute atomic E-state index is 13.1. The van der Waals surface area contributed by atoms with E-state index in [-0.39, 0.29) is 11.8 Å². The van der Waals surface area contributed by atoms with E-state index in [1.165, 1.54) is 0 Å². The third-order valence-electron chi connectivity index (χ3n) is 5.15. The van der Waals surface area contributed by atoms with Gasteiger partial charge in [0.2, 0.25) is 0 Å². The Labute approximate surface area is 162 Å². The summed E-state index contributed by atoms with van der Waals surface area (Å²) in [7, 11) is 0. The minimum Gasteiger partial charge on any atom is -0.342 e. The van der Waals surface area contributed by atoms with Crippen molar-refractivity contribution in [3.05, 3.63) is 78.0 Å². The molecule has 0 spiro atoms. The van der Waals surface area contributed by atoms with Gasteiger partial charge in [0.1, 0.15) is 11.6 Å². The van der Waals surface area contributed by atoms with Crippen LogP contribution in [-0.2, 0) is 0 Å². The summed E-state index contributed by atoms with van der Waals surface area (Å²) in [5.41, 5.74) is 4.14. The number of likely N-dealkylation sites (tertiary alicyclic amines) is 1. The number of aromatic nitrogens is 4. The SMILES string of the molecule is Cc1ncc(C(=O)N2CC(c3nc4ccccc4[nH]3)C2)c(-c2ccccc2)n1. The molecule has 28 heavy (non-hydrogen) atoms. The lowest BCUT2D eigenvalue weighted by Gasteiger charge is -2.38. The number of aromatic amines is 1. The third-order valence-corrected chi connectivity index (χ3v) is 5.15. The monoisotopic (exact) mass is 369 g/mol. The molecule has 2 aromatic carbocycles. The molecule has 1 fully saturated rings. The molecule has 0 aliphatic carbocycles. The number of hydrogen-bond donors (Lipinski definition) is 1. The highest BCUT2D eigenvalue weighted by molar-refractivity contribution is 6.00. The number of aryl methyl sites for hydroxylation is 1. The third kappa shape index (κ3) is 2.83. The van der Waals surface area contributed by atoms with Crippen LogP contribution in [0.15, 0.2) is 60.8 Å². The summed E-state index contributed by atoms with van der Waals surface area (Å²) in [5.74, 6) is 1.78. The highest BCUT2D eigenvalue weighted by Gasteiger charge is 2.35. The summed E-state index contributed by atoms with van der Waals surface area (Å²) in [4.78, 5) is 31.7. The van der Waals surface area contributed by atoms with E-state index < -0.39 is 0 Å². The van der Waals surface area contributed by atoms with E-state index in [9.17, 15) is 4.79 Å². The number of rotatable bonds is 3. The Kier molecular flexibility index (Phi) is 3.90. The largest absolute Gasteiger partial charge is 0.342 e. The van der Waals surface area contributed by atoms with Crippen molar-refractivity contribution in [1.82, 2.24) is 24.8 Å². The average molecular weight is 369 g/mol. The van der Waals surface area contributed by atoms with Crippen molar-refractivity contribution in [3.63, 3.8) is 0 Å². The Morgan fingerprint density at radius 1 is 1.04 bits per heavy atom. The zero-order chi connectivity index (χ0) is 19.1. The van der Waals surface area contributed by atoms with E-state index in [1.807, 2.05) is 66.4 Å². The molecule has 6 nitrogen and oxygen atoms in total. The van der Waals surface area contributed by atoms with E-state index in [0.717, 1.165) is 22.4 Å². The molecule has 1 aliphatic rings. The molecule has 1 aliphatic heterocycles. The van der Waals surface area contributed by atoms with Gasteiger partial charge in [-0.05, 0) is 19.1 Å². The zero-order valence-corrected chi connectivity index (χ0v) is 15.5. The Balaban J connectivity index is 1.38. The lowest BCUT2D eigenvalue weighted by Crippen LogP contribution is -2.49. The first-order valence-corrected chi connectivity index (χ1v) is 9.32. The number of imidazole rings is 1. The second kappa shape index (κ2) is 6.56. The standard InChI is InChI=1S/C22H19N5O/c1-14-23-11-17(20(24-14)15-7-3-2-4-8-15)22(28)27-12-16(13-27)21-25-18-9-5-6-10-19(18)26-21/h2-11,16H,12-13H2,1H3,(H,25,26). The van der Waals surface area contributed by atoms with E-state index in [2.05, 4.69) is 19.9 Å². The first-order valence-electron chi connectivity index (χ1n) is 9.32. The fourth-order valence-corrected chi connectivity index (χ4v) is 3.60. The average Bonchev–Trinajstić information content (AvgIpc) is 3.11. The summed E-state index contributed by atoms with van der Waals surface area (Å²) in [5, 5.41) is 0. The second-order valence-electron chi connectivity index (χ2n) is 7.09. The first kappa shape index (κ1) is 16.6. The van der Waals surface area contributed by atoms with Crippen molar-refractivity contribution in [2.24, 2.45) is 0 Å². The van der Waals surface area contributed by atoms with Gasteiger partial charge in [-0.15, -0.1) is 0 Å². The molecule has 4 aromatic rings. The number of nitrogens with zero attached hydrogens (tertiary/aromatic N) is 4. The van der Waals surface area contributed by atoms with Crippen LogP contribution in [0.4, 0.5) is 0 Å². The van der Waals surface area contributed by atoms with E-state index in [1.54, 1.807) is 6.20 Å². The van der Waals surface area contributed by atoms with Crippen molar-refractivity contribution >= 4 is 16.9 Å². The van der Waals surface area contributed by atoms with Crippen LogP contribution in [0.5, 0.6) is 0 Å². The molecule has 2 aromatic heterocycles. The Morgan fingerprint density at radius 3 is 2.57 bits per heavy atom. The summed E-state index contributed by atoms with van der Waals surface area (Å²) < 4.78 is 0. The zero-order valence-electron chi connectivity index (χ0n) is 15.5. The van der Waals surface area contributed by atoms with Gasteiger partial charge in [0, 0.05) is 24.8 Å². The maximum atomic E-state index is 13.1. The van der Waals surface area contributed by atoms with E-state index >= 15 is 0 Å². The van der Waals surface area contributed by atoms with Gasteiger partial charge in [-0.25, -0.2) is 15.0 Å². The minimum absolute atomic E-state index is 0.0359.